The number of carboxylic acid groups (broad SMARTS) is 1. The Bertz CT molecular complexity index is 671. The number of nitrogens with zero attached hydrogens (tertiary/aromatic N) is 2. The van der Waals surface area contributed by atoms with E-state index in [1.54, 1.807) is 4.57 Å². The summed E-state index contributed by atoms with van der Waals surface area (Å²) in [4.78, 5) is 27.1. The molecule has 108 valence electrons. The van der Waals surface area contributed by atoms with Gasteiger partial charge in [-0.15, -0.1) is 12.4 Å². The quantitative estimate of drug-likeness (QED) is 0.846. The predicted octanol–water partition coefficient (Wildman–Crippen LogP) is 2.07. The fraction of sp³-hybridized carbons (Fsp3) is 0.385. The summed E-state index contributed by atoms with van der Waals surface area (Å²) in [6, 6.07) is 7.64. The Labute approximate surface area is 121 Å². The van der Waals surface area contributed by atoms with Crippen LogP contribution in [0.5, 0.6) is 0 Å². The van der Waals surface area contributed by atoms with Crippen molar-refractivity contribution in [1.29, 1.82) is 0 Å². The summed E-state index contributed by atoms with van der Waals surface area (Å²) in [6.45, 7) is 0.956. The number of nitrogens with one attached hydrogen (secondary N) is 1. The maximum Gasteiger partial charge on any atom is 0.407 e. The Morgan fingerprint density at radius 3 is 2.55 bits per heavy atom. The smallest absolute Gasteiger partial charge is 0.407 e. The highest BCUT2D eigenvalue weighted by Gasteiger charge is 2.25. The van der Waals surface area contributed by atoms with Crippen LogP contribution in [0.2, 0.25) is 0 Å². The number of amides is 1. The van der Waals surface area contributed by atoms with E-state index in [9.17, 15) is 9.59 Å². The second-order valence-electron chi connectivity index (χ2n) is 4.82. The molecule has 1 aliphatic heterocycles. The number of imidazole rings is 1. The molecule has 1 aromatic heterocycles. The van der Waals surface area contributed by atoms with E-state index in [2.05, 4.69) is 4.98 Å². The van der Waals surface area contributed by atoms with Crippen molar-refractivity contribution in [2.24, 2.45) is 0 Å². The molecule has 1 amide bonds. The lowest BCUT2D eigenvalue weighted by Crippen LogP contribution is -2.39. The summed E-state index contributed by atoms with van der Waals surface area (Å²) in [5.41, 5.74) is 1.60. The van der Waals surface area contributed by atoms with Gasteiger partial charge in [-0.05, 0) is 25.0 Å². The number of carbonyl (C=O) groups is 1. The number of likely N-dealkylation sites (tertiary alicyclic amines) is 1. The largest absolute Gasteiger partial charge is 0.465 e. The topological polar surface area (TPSA) is 78.3 Å². The van der Waals surface area contributed by atoms with Crippen molar-refractivity contribution in [1.82, 2.24) is 14.5 Å². The maximum absolute atomic E-state index is 12.0. The fourth-order valence-electron chi connectivity index (χ4n) is 2.75. The van der Waals surface area contributed by atoms with Crippen LogP contribution in [0.4, 0.5) is 4.79 Å². The Morgan fingerprint density at radius 1 is 1.25 bits per heavy atom. The normalized spacial score (nSPS) is 16.1. The molecular weight excluding hydrogens is 282 g/mol. The van der Waals surface area contributed by atoms with Gasteiger partial charge in [0.2, 0.25) is 0 Å². The Hall–Kier alpha value is -1.95. The Balaban J connectivity index is 0.00000147. The second kappa shape index (κ2) is 5.58. The van der Waals surface area contributed by atoms with Crippen molar-refractivity contribution in [3.05, 3.63) is 34.7 Å². The van der Waals surface area contributed by atoms with Gasteiger partial charge in [0, 0.05) is 19.1 Å². The first-order chi connectivity index (χ1) is 9.16. The summed E-state index contributed by atoms with van der Waals surface area (Å²) in [7, 11) is 0. The molecule has 1 aliphatic rings. The molecule has 1 saturated heterocycles. The van der Waals surface area contributed by atoms with Crippen LogP contribution < -0.4 is 5.69 Å². The highest BCUT2D eigenvalue weighted by Crippen LogP contribution is 2.24. The van der Waals surface area contributed by atoms with Crippen LogP contribution >= 0.6 is 12.4 Å². The van der Waals surface area contributed by atoms with Gasteiger partial charge in [0.1, 0.15) is 0 Å². The third-order valence-corrected chi connectivity index (χ3v) is 3.72. The molecule has 0 bridgehead atoms. The third-order valence-electron chi connectivity index (χ3n) is 3.72. The van der Waals surface area contributed by atoms with Crippen LogP contribution in [-0.4, -0.2) is 38.7 Å². The van der Waals surface area contributed by atoms with Gasteiger partial charge in [0.15, 0.2) is 0 Å². The number of aromatic nitrogens is 2. The van der Waals surface area contributed by atoms with Crippen LogP contribution in [0.1, 0.15) is 18.9 Å². The number of fused-ring (bicyclic) bond motifs is 1. The molecule has 0 unspecified atom stereocenters. The first kappa shape index (κ1) is 14.5. The molecule has 2 heterocycles. The van der Waals surface area contributed by atoms with Crippen molar-refractivity contribution in [3.63, 3.8) is 0 Å². The average molecular weight is 298 g/mol. The van der Waals surface area contributed by atoms with Gasteiger partial charge in [-0.25, -0.2) is 9.59 Å². The third kappa shape index (κ3) is 2.38. The first-order valence-corrected chi connectivity index (χ1v) is 6.34. The van der Waals surface area contributed by atoms with Gasteiger partial charge in [-0.1, -0.05) is 12.1 Å². The first-order valence-electron chi connectivity index (χ1n) is 6.34. The number of rotatable bonds is 1. The van der Waals surface area contributed by atoms with Gasteiger partial charge >= 0.3 is 11.8 Å². The minimum absolute atomic E-state index is 0. The lowest BCUT2D eigenvalue weighted by Gasteiger charge is -2.30. The zero-order valence-electron chi connectivity index (χ0n) is 10.8. The molecule has 2 aromatic rings. The summed E-state index contributed by atoms with van der Waals surface area (Å²) >= 11 is 0. The lowest BCUT2D eigenvalue weighted by atomic mass is 10.1. The highest BCUT2D eigenvalue weighted by molar-refractivity contribution is 5.85. The number of halogens is 1. The molecule has 1 fully saturated rings. The Morgan fingerprint density at radius 2 is 1.90 bits per heavy atom. The molecule has 1 aromatic carbocycles. The number of piperidine rings is 1. The molecule has 3 rings (SSSR count). The van der Waals surface area contributed by atoms with Crippen LogP contribution in [0, 0.1) is 0 Å². The zero-order chi connectivity index (χ0) is 13.4. The number of aromatic amines is 1. The van der Waals surface area contributed by atoms with Gasteiger partial charge in [0.25, 0.3) is 0 Å². The van der Waals surface area contributed by atoms with Crippen LogP contribution in [0.15, 0.2) is 29.1 Å². The van der Waals surface area contributed by atoms with E-state index in [1.165, 1.54) is 4.90 Å². The monoisotopic (exact) mass is 297 g/mol. The molecule has 0 radical (unpaired) electrons. The van der Waals surface area contributed by atoms with Crippen LogP contribution in [0.3, 0.4) is 0 Å². The minimum Gasteiger partial charge on any atom is -0.465 e. The van der Waals surface area contributed by atoms with Crippen LogP contribution in [-0.2, 0) is 0 Å². The summed E-state index contributed by atoms with van der Waals surface area (Å²) in [6.07, 6.45) is 0.465. The number of H-pyrrole nitrogens is 1. The van der Waals surface area contributed by atoms with Gasteiger partial charge in [0.05, 0.1) is 11.0 Å². The summed E-state index contributed by atoms with van der Waals surface area (Å²) < 4.78 is 1.76. The molecule has 7 heteroatoms. The number of hydrogen-bond acceptors (Lipinski definition) is 2. The zero-order valence-corrected chi connectivity index (χ0v) is 11.6. The predicted molar refractivity (Wildman–Crippen MR) is 77.7 cm³/mol. The molecule has 0 aliphatic carbocycles. The number of hydrogen-bond donors (Lipinski definition) is 2. The fourth-order valence-corrected chi connectivity index (χ4v) is 2.75. The molecule has 0 atom stereocenters. The van der Waals surface area contributed by atoms with Crippen molar-refractivity contribution < 1.29 is 9.90 Å². The van der Waals surface area contributed by atoms with Crippen molar-refractivity contribution in [2.45, 2.75) is 18.9 Å². The molecular formula is C13H16ClN3O3. The molecule has 0 spiro atoms. The summed E-state index contributed by atoms with van der Waals surface area (Å²) in [5.74, 6) is 0. The molecule has 0 saturated carbocycles. The second-order valence-corrected chi connectivity index (χ2v) is 4.82. The van der Waals surface area contributed by atoms with Gasteiger partial charge in [-0.2, -0.15) is 0 Å². The van der Waals surface area contributed by atoms with E-state index in [-0.39, 0.29) is 24.1 Å². The van der Waals surface area contributed by atoms with E-state index in [0.29, 0.717) is 25.9 Å². The van der Waals surface area contributed by atoms with E-state index in [0.717, 1.165) is 11.0 Å². The molecule has 2 N–H and O–H groups in total. The highest BCUT2D eigenvalue weighted by atomic mass is 35.5. The maximum atomic E-state index is 12.0. The molecule has 6 nitrogen and oxygen atoms in total. The molecule has 20 heavy (non-hydrogen) atoms. The van der Waals surface area contributed by atoms with E-state index in [4.69, 9.17) is 5.11 Å². The average Bonchev–Trinajstić information content (AvgIpc) is 2.74. The number of para-hydroxylation sites is 2. The van der Waals surface area contributed by atoms with Crippen molar-refractivity contribution >= 4 is 29.5 Å². The number of benzene rings is 1. The van der Waals surface area contributed by atoms with Gasteiger partial charge < -0.3 is 15.0 Å². The SMILES string of the molecule is Cl.O=C(O)N1CCC(n2c(=O)[nH]c3ccccc32)CC1. The van der Waals surface area contributed by atoms with Gasteiger partial charge in [-0.3, -0.25) is 4.57 Å². The summed E-state index contributed by atoms with van der Waals surface area (Å²) in [5, 5.41) is 8.93. The van der Waals surface area contributed by atoms with E-state index < -0.39 is 6.09 Å². The standard InChI is InChI=1S/C13H15N3O3.ClH/c17-12-14-10-3-1-2-4-11(10)16(12)9-5-7-15(8-6-9)13(18)19;/h1-4,9H,5-8H2,(H,14,17)(H,18,19);1H. The minimum atomic E-state index is -0.885. The van der Waals surface area contributed by atoms with Crippen LogP contribution in [0.25, 0.3) is 11.0 Å². The van der Waals surface area contributed by atoms with Crippen molar-refractivity contribution in [2.75, 3.05) is 13.1 Å². The van der Waals surface area contributed by atoms with Crippen molar-refractivity contribution in [3.8, 4) is 0 Å². The van der Waals surface area contributed by atoms with E-state index in [1.807, 2.05) is 24.3 Å². The van der Waals surface area contributed by atoms with E-state index >= 15 is 0 Å². The Kier molecular flexibility index (Phi) is 4.04. The lowest BCUT2D eigenvalue weighted by molar-refractivity contribution is 0.125.